The molecule has 96 valence electrons. The van der Waals surface area contributed by atoms with Crippen molar-refractivity contribution in [2.24, 2.45) is 0 Å². The summed E-state index contributed by atoms with van der Waals surface area (Å²) in [7, 11) is 1.56. The Morgan fingerprint density at radius 3 is 2.82 bits per heavy atom. The average molecular weight is 242 g/mol. The zero-order chi connectivity index (χ0) is 12.7. The highest BCUT2D eigenvalue weighted by molar-refractivity contribution is 5.90. The van der Waals surface area contributed by atoms with E-state index < -0.39 is 0 Å². The second kappa shape index (κ2) is 6.97. The lowest BCUT2D eigenvalue weighted by molar-refractivity contribution is 0.0645. The molecule has 0 radical (unpaired) electrons. The van der Waals surface area contributed by atoms with Crippen LogP contribution in [0.1, 0.15) is 23.4 Å². The van der Waals surface area contributed by atoms with Gasteiger partial charge in [0.1, 0.15) is 5.82 Å². The molecule has 0 fully saturated rings. The first-order valence-electron chi connectivity index (χ1n) is 5.53. The number of ether oxygens (including phenoxy) is 1. The molecule has 17 heavy (non-hydrogen) atoms. The van der Waals surface area contributed by atoms with E-state index in [2.05, 4.69) is 15.2 Å². The standard InChI is InChI=1S/C10H18N4O3/c1-3-8-11-9(13-12-8)10(16)14(4-6-15)5-7-17-2/h15H,3-7H2,1-2H3,(H,11,12,13). The molecular formula is C10H18N4O3. The minimum absolute atomic E-state index is 0.0967. The van der Waals surface area contributed by atoms with Crippen molar-refractivity contribution in [3.63, 3.8) is 0 Å². The smallest absolute Gasteiger partial charge is 0.293 e. The molecule has 0 saturated heterocycles. The molecule has 7 heteroatoms. The average Bonchev–Trinajstić information content (AvgIpc) is 2.82. The number of hydrogen-bond donors (Lipinski definition) is 2. The number of aryl methyl sites for hydroxylation is 1. The number of nitrogens with one attached hydrogen (secondary N) is 1. The summed E-state index contributed by atoms with van der Waals surface area (Å²) in [6, 6.07) is 0. The second-order valence-corrected chi connectivity index (χ2v) is 3.47. The summed E-state index contributed by atoms with van der Waals surface area (Å²) in [4.78, 5) is 17.5. The number of nitrogens with zero attached hydrogens (tertiary/aromatic N) is 3. The number of aromatic nitrogens is 3. The SMILES string of the molecule is CCc1nc(C(=O)N(CCO)CCOC)n[nH]1. The fraction of sp³-hybridized carbons (Fsp3) is 0.700. The quantitative estimate of drug-likeness (QED) is 0.669. The Kier molecular flexibility index (Phi) is 5.58. The molecule has 2 N–H and O–H groups in total. The van der Waals surface area contributed by atoms with Gasteiger partial charge >= 0.3 is 0 Å². The molecule has 1 heterocycles. The van der Waals surface area contributed by atoms with Crippen LogP contribution in [0, 0.1) is 0 Å². The van der Waals surface area contributed by atoms with E-state index >= 15 is 0 Å². The van der Waals surface area contributed by atoms with E-state index in [1.54, 1.807) is 7.11 Å². The van der Waals surface area contributed by atoms with Crippen LogP contribution < -0.4 is 0 Å². The molecule has 0 aliphatic rings. The largest absolute Gasteiger partial charge is 0.395 e. The lowest BCUT2D eigenvalue weighted by Crippen LogP contribution is -2.36. The molecule has 7 nitrogen and oxygen atoms in total. The Hall–Kier alpha value is -1.47. The molecule has 1 rings (SSSR count). The Morgan fingerprint density at radius 2 is 2.29 bits per heavy atom. The summed E-state index contributed by atoms with van der Waals surface area (Å²) >= 11 is 0. The fourth-order valence-corrected chi connectivity index (χ4v) is 1.33. The zero-order valence-electron chi connectivity index (χ0n) is 10.1. The van der Waals surface area contributed by atoms with Gasteiger partial charge in [0.25, 0.3) is 5.91 Å². The monoisotopic (exact) mass is 242 g/mol. The van der Waals surface area contributed by atoms with Crippen LogP contribution in [0.3, 0.4) is 0 Å². The van der Waals surface area contributed by atoms with Crippen LogP contribution in [-0.4, -0.2) is 64.5 Å². The van der Waals surface area contributed by atoms with E-state index in [0.717, 1.165) is 0 Å². The van der Waals surface area contributed by atoms with Crippen LogP contribution in [0.5, 0.6) is 0 Å². The highest BCUT2D eigenvalue weighted by Crippen LogP contribution is 2.00. The van der Waals surface area contributed by atoms with E-state index in [0.29, 0.717) is 25.4 Å². The third kappa shape index (κ3) is 3.79. The van der Waals surface area contributed by atoms with Gasteiger partial charge in [0.15, 0.2) is 0 Å². The summed E-state index contributed by atoms with van der Waals surface area (Å²) in [5.41, 5.74) is 0. The fourth-order valence-electron chi connectivity index (χ4n) is 1.33. The number of hydrogen-bond acceptors (Lipinski definition) is 5. The summed E-state index contributed by atoms with van der Waals surface area (Å²) in [6.07, 6.45) is 0.693. The van der Waals surface area contributed by atoms with Gasteiger partial charge in [-0.3, -0.25) is 9.89 Å². The van der Waals surface area contributed by atoms with Crippen LogP contribution in [0.4, 0.5) is 0 Å². The van der Waals surface area contributed by atoms with Crippen molar-refractivity contribution in [1.82, 2.24) is 20.1 Å². The molecule has 1 aromatic rings. The molecular weight excluding hydrogens is 224 g/mol. The van der Waals surface area contributed by atoms with Crippen molar-refractivity contribution in [3.8, 4) is 0 Å². The van der Waals surface area contributed by atoms with Gasteiger partial charge in [-0.15, -0.1) is 5.10 Å². The summed E-state index contributed by atoms with van der Waals surface area (Å²) in [6.45, 7) is 2.90. The predicted octanol–water partition coefficient (Wildman–Crippen LogP) is -0.552. The maximum absolute atomic E-state index is 12.0. The second-order valence-electron chi connectivity index (χ2n) is 3.47. The molecule has 0 aliphatic heterocycles. The minimum atomic E-state index is -0.299. The topological polar surface area (TPSA) is 91.3 Å². The molecule has 0 unspecified atom stereocenters. The first-order chi connectivity index (χ1) is 8.22. The summed E-state index contributed by atoms with van der Waals surface area (Å²) < 4.78 is 4.91. The normalized spacial score (nSPS) is 10.5. The van der Waals surface area contributed by atoms with Crippen molar-refractivity contribution in [2.75, 3.05) is 33.4 Å². The summed E-state index contributed by atoms with van der Waals surface area (Å²) in [5.74, 6) is 0.502. The third-order valence-electron chi connectivity index (χ3n) is 2.28. The van der Waals surface area contributed by atoms with E-state index in [9.17, 15) is 4.79 Å². The van der Waals surface area contributed by atoms with Gasteiger partial charge < -0.3 is 14.7 Å². The first kappa shape index (κ1) is 13.6. The van der Waals surface area contributed by atoms with Crippen molar-refractivity contribution in [1.29, 1.82) is 0 Å². The van der Waals surface area contributed by atoms with Gasteiger partial charge in [-0.1, -0.05) is 6.92 Å². The third-order valence-corrected chi connectivity index (χ3v) is 2.28. The van der Waals surface area contributed by atoms with Crippen LogP contribution in [-0.2, 0) is 11.2 Å². The van der Waals surface area contributed by atoms with Crippen molar-refractivity contribution >= 4 is 5.91 Å². The summed E-state index contributed by atoms with van der Waals surface area (Å²) in [5, 5.41) is 15.4. The van der Waals surface area contributed by atoms with Crippen LogP contribution >= 0.6 is 0 Å². The first-order valence-corrected chi connectivity index (χ1v) is 5.53. The van der Waals surface area contributed by atoms with Gasteiger partial charge in [-0.2, -0.15) is 0 Å². The molecule has 0 saturated carbocycles. The van der Waals surface area contributed by atoms with Gasteiger partial charge in [-0.05, 0) is 0 Å². The maximum Gasteiger partial charge on any atom is 0.293 e. The molecule has 1 amide bonds. The molecule has 0 atom stereocenters. The number of aromatic amines is 1. The Labute approximate surface area is 99.8 Å². The number of aliphatic hydroxyl groups excluding tert-OH is 1. The number of carbonyl (C=O) groups is 1. The zero-order valence-corrected chi connectivity index (χ0v) is 10.1. The lowest BCUT2D eigenvalue weighted by Gasteiger charge is -2.19. The lowest BCUT2D eigenvalue weighted by atomic mass is 10.4. The van der Waals surface area contributed by atoms with Gasteiger partial charge in [0, 0.05) is 26.6 Å². The van der Waals surface area contributed by atoms with Crippen molar-refractivity contribution in [3.05, 3.63) is 11.6 Å². The molecule has 1 aromatic heterocycles. The van der Waals surface area contributed by atoms with Gasteiger partial charge in [-0.25, -0.2) is 4.98 Å². The number of amides is 1. The molecule has 0 spiro atoms. The number of methoxy groups -OCH3 is 1. The Balaban J connectivity index is 2.68. The number of carbonyl (C=O) groups excluding carboxylic acids is 1. The van der Waals surface area contributed by atoms with Crippen LogP contribution in [0.2, 0.25) is 0 Å². The van der Waals surface area contributed by atoms with Crippen LogP contribution in [0.25, 0.3) is 0 Å². The van der Waals surface area contributed by atoms with Gasteiger partial charge in [0.05, 0.1) is 13.2 Å². The Bertz CT molecular complexity index is 353. The van der Waals surface area contributed by atoms with Gasteiger partial charge in [0.2, 0.25) is 5.82 Å². The van der Waals surface area contributed by atoms with Crippen molar-refractivity contribution < 1.29 is 14.6 Å². The number of rotatable bonds is 7. The van der Waals surface area contributed by atoms with E-state index in [1.165, 1.54) is 4.90 Å². The molecule has 0 aromatic carbocycles. The van der Waals surface area contributed by atoms with E-state index in [1.807, 2.05) is 6.92 Å². The Morgan fingerprint density at radius 1 is 1.53 bits per heavy atom. The highest BCUT2D eigenvalue weighted by atomic mass is 16.5. The number of aliphatic hydroxyl groups is 1. The highest BCUT2D eigenvalue weighted by Gasteiger charge is 2.19. The number of H-pyrrole nitrogens is 1. The van der Waals surface area contributed by atoms with E-state index in [-0.39, 0.29) is 24.9 Å². The minimum Gasteiger partial charge on any atom is -0.395 e. The van der Waals surface area contributed by atoms with Crippen LogP contribution in [0.15, 0.2) is 0 Å². The van der Waals surface area contributed by atoms with Crippen molar-refractivity contribution in [2.45, 2.75) is 13.3 Å². The maximum atomic E-state index is 12.0. The predicted molar refractivity (Wildman–Crippen MR) is 60.6 cm³/mol. The van der Waals surface area contributed by atoms with E-state index in [4.69, 9.17) is 9.84 Å². The molecule has 0 aliphatic carbocycles. The molecule has 0 bridgehead atoms.